The Balaban J connectivity index is 0.00000196. The van der Waals surface area contributed by atoms with Gasteiger partial charge in [0.1, 0.15) is 0 Å². The number of methoxy groups -OCH3 is 1. The lowest BCUT2D eigenvalue weighted by molar-refractivity contribution is 0.0604. The number of halogens is 1. The minimum absolute atomic E-state index is 0. The molecule has 0 spiro atoms. The van der Waals surface area contributed by atoms with Crippen LogP contribution in [0.1, 0.15) is 26.7 Å². The Bertz CT molecular complexity index is 176. The van der Waals surface area contributed by atoms with E-state index < -0.39 is 0 Å². The summed E-state index contributed by atoms with van der Waals surface area (Å²) in [4.78, 5) is 2.47. The van der Waals surface area contributed by atoms with E-state index in [1.54, 1.807) is 7.11 Å². The van der Waals surface area contributed by atoms with Crippen molar-refractivity contribution in [1.29, 1.82) is 0 Å². The summed E-state index contributed by atoms with van der Waals surface area (Å²) in [6, 6.07) is 0.377. The van der Waals surface area contributed by atoms with E-state index in [0.29, 0.717) is 6.04 Å². The highest BCUT2D eigenvalue weighted by Gasteiger charge is 2.24. The molecule has 4 heteroatoms. The molecule has 0 unspecified atom stereocenters. The molecule has 0 aromatic carbocycles. The van der Waals surface area contributed by atoms with Crippen LogP contribution in [0.15, 0.2) is 0 Å². The molecule has 92 valence electrons. The molecule has 2 N–H and O–H groups in total. The van der Waals surface area contributed by atoms with Crippen molar-refractivity contribution in [2.75, 3.05) is 33.4 Å². The molecule has 0 aromatic heterocycles. The van der Waals surface area contributed by atoms with Gasteiger partial charge in [-0.2, -0.15) is 0 Å². The highest BCUT2D eigenvalue weighted by Crippen LogP contribution is 2.19. The van der Waals surface area contributed by atoms with Crippen LogP contribution < -0.4 is 5.73 Å². The Morgan fingerprint density at radius 3 is 2.67 bits per heavy atom. The van der Waals surface area contributed by atoms with Gasteiger partial charge in [-0.3, -0.25) is 0 Å². The summed E-state index contributed by atoms with van der Waals surface area (Å²) < 4.78 is 5.22. The number of ether oxygens (including phenoxy) is 1. The third-order valence-corrected chi connectivity index (χ3v) is 2.73. The van der Waals surface area contributed by atoms with Gasteiger partial charge in [-0.25, -0.2) is 0 Å². The van der Waals surface area contributed by atoms with Crippen LogP contribution in [-0.2, 0) is 4.74 Å². The normalized spacial score (nSPS) is 23.6. The van der Waals surface area contributed by atoms with Crippen LogP contribution in [0.2, 0.25) is 0 Å². The first-order valence-corrected chi connectivity index (χ1v) is 5.50. The van der Waals surface area contributed by atoms with Gasteiger partial charge in [0.15, 0.2) is 0 Å². The fourth-order valence-electron chi connectivity index (χ4n) is 2.28. The molecular formula is C11H25ClN2O. The molecule has 0 radical (unpaired) electrons. The Kier molecular flexibility index (Phi) is 6.76. The quantitative estimate of drug-likeness (QED) is 0.804. The first kappa shape index (κ1) is 15.2. The third-order valence-electron chi connectivity index (χ3n) is 2.73. The standard InChI is InChI=1S/C11H24N2O.ClH/c1-11(2,9-14-3)8-13-6-4-5-10(12)7-13;/h10H,4-9,12H2,1-3H3;1H/t10-;/m1./s1. The Hall–Kier alpha value is 0.170. The lowest BCUT2D eigenvalue weighted by atomic mass is 9.92. The van der Waals surface area contributed by atoms with E-state index in [1.165, 1.54) is 19.4 Å². The van der Waals surface area contributed by atoms with E-state index in [2.05, 4.69) is 18.7 Å². The summed E-state index contributed by atoms with van der Waals surface area (Å²) in [6.45, 7) is 8.65. The van der Waals surface area contributed by atoms with Gasteiger partial charge >= 0.3 is 0 Å². The largest absolute Gasteiger partial charge is 0.384 e. The number of nitrogens with zero attached hydrogens (tertiary/aromatic N) is 1. The number of nitrogens with two attached hydrogens (primary N) is 1. The summed E-state index contributed by atoms with van der Waals surface area (Å²) in [7, 11) is 1.77. The van der Waals surface area contributed by atoms with Crippen LogP contribution in [0.5, 0.6) is 0 Å². The number of likely N-dealkylation sites (tertiary alicyclic amines) is 1. The van der Waals surface area contributed by atoms with Crippen LogP contribution >= 0.6 is 12.4 Å². The van der Waals surface area contributed by atoms with Crippen LogP contribution in [0, 0.1) is 5.41 Å². The number of piperidine rings is 1. The topological polar surface area (TPSA) is 38.5 Å². The molecule has 0 saturated carbocycles. The summed E-state index contributed by atoms with van der Waals surface area (Å²) in [5, 5.41) is 0. The van der Waals surface area contributed by atoms with Gasteiger partial charge in [-0.05, 0) is 19.4 Å². The van der Waals surface area contributed by atoms with Gasteiger partial charge in [0.05, 0.1) is 6.61 Å². The van der Waals surface area contributed by atoms with Crippen molar-refractivity contribution in [3.63, 3.8) is 0 Å². The molecular weight excluding hydrogens is 212 g/mol. The third kappa shape index (κ3) is 5.71. The highest BCUT2D eigenvalue weighted by molar-refractivity contribution is 5.85. The number of hydrogen-bond acceptors (Lipinski definition) is 3. The van der Waals surface area contributed by atoms with Gasteiger partial charge in [0.25, 0.3) is 0 Å². The van der Waals surface area contributed by atoms with Crippen molar-refractivity contribution in [2.45, 2.75) is 32.7 Å². The molecule has 0 amide bonds. The van der Waals surface area contributed by atoms with Gasteiger partial charge in [-0.1, -0.05) is 13.8 Å². The Morgan fingerprint density at radius 2 is 2.13 bits per heavy atom. The minimum atomic E-state index is 0. The molecule has 1 atom stereocenters. The average molecular weight is 237 g/mol. The van der Waals surface area contributed by atoms with E-state index in [9.17, 15) is 0 Å². The molecule has 3 nitrogen and oxygen atoms in total. The van der Waals surface area contributed by atoms with Crippen LogP contribution in [0.25, 0.3) is 0 Å². The van der Waals surface area contributed by atoms with Crippen molar-refractivity contribution in [1.82, 2.24) is 4.90 Å². The molecule has 1 rings (SSSR count). The predicted octanol–water partition coefficient (Wildman–Crippen LogP) is 1.50. The number of rotatable bonds is 4. The van der Waals surface area contributed by atoms with E-state index >= 15 is 0 Å². The maximum atomic E-state index is 5.95. The first-order chi connectivity index (χ1) is 6.53. The summed E-state index contributed by atoms with van der Waals surface area (Å²) in [5.74, 6) is 0. The molecule has 1 aliphatic rings. The number of hydrogen-bond donors (Lipinski definition) is 1. The molecule has 0 bridgehead atoms. The summed E-state index contributed by atoms with van der Waals surface area (Å²) in [5.41, 5.74) is 6.19. The fraction of sp³-hybridized carbons (Fsp3) is 1.00. The molecule has 0 aromatic rings. The SMILES string of the molecule is COCC(C)(C)CN1CCC[C@@H](N)C1.Cl. The van der Waals surface area contributed by atoms with Crippen molar-refractivity contribution in [3.05, 3.63) is 0 Å². The van der Waals surface area contributed by atoms with E-state index in [0.717, 1.165) is 19.7 Å². The minimum Gasteiger partial charge on any atom is -0.384 e. The molecule has 15 heavy (non-hydrogen) atoms. The fourth-order valence-corrected chi connectivity index (χ4v) is 2.28. The highest BCUT2D eigenvalue weighted by atomic mass is 35.5. The lowest BCUT2D eigenvalue weighted by Crippen LogP contribution is -2.47. The lowest BCUT2D eigenvalue weighted by Gasteiger charge is -2.36. The molecule has 0 aliphatic carbocycles. The molecule has 1 fully saturated rings. The first-order valence-electron chi connectivity index (χ1n) is 5.50. The Labute approximate surface area is 99.7 Å². The second kappa shape index (κ2) is 6.69. The van der Waals surface area contributed by atoms with Crippen molar-refractivity contribution < 1.29 is 4.74 Å². The molecule has 1 aliphatic heterocycles. The zero-order valence-electron chi connectivity index (χ0n) is 10.2. The second-order valence-corrected chi connectivity index (χ2v) is 5.23. The van der Waals surface area contributed by atoms with Gasteiger partial charge in [-0.15, -0.1) is 12.4 Å². The van der Waals surface area contributed by atoms with Crippen LogP contribution in [-0.4, -0.2) is 44.3 Å². The second-order valence-electron chi connectivity index (χ2n) is 5.23. The van der Waals surface area contributed by atoms with Crippen molar-refractivity contribution >= 4 is 12.4 Å². The van der Waals surface area contributed by atoms with Gasteiger partial charge < -0.3 is 15.4 Å². The average Bonchev–Trinajstić information content (AvgIpc) is 2.02. The van der Waals surface area contributed by atoms with Gasteiger partial charge in [0, 0.05) is 31.7 Å². The predicted molar refractivity (Wildman–Crippen MR) is 66.6 cm³/mol. The smallest absolute Gasteiger partial charge is 0.0525 e. The maximum absolute atomic E-state index is 5.95. The van der Waals surface area contributed by atoms with E-state index in [-0.39, 0.29) is 17.8 Å². The zero-order valence-corrected chi connectivity index (χ0v) is 11.0. The maximum Gasteiger partial charge on any atom is 0.0525 e. The summed E-state index contributed by atoms with van der Waals surface area (Å²) in [6.07, 6.45) is 2.42. The van der Waals surface area contributed by atoms with Crippen LogP contribution in [0.3, 0.4) is 0 Å². The van der Waals surface area contributed by atoms with Gasteiger partial charge in [0.2, 0.25) is 0 Å². The van der Waals surface area contributed by atoms with E-state index in [4.69, 9.17) is 10.5 Å². The van der Waals surface area contributed by atoms with Crippen molar-refractivity contribution in [3.8, 4) is 0 Å². The van der Waals surface area contributed by atoms with Crippen molar-refractivity contribution in [2.24, 2.45) is 11.1 Å². The molecule has 1 saturated heterocycles. The molecule has 1 heterocycles. The zero-order chi connectivity index (χ0) is 10.6. The Morgan fingerprint density at radius 1 is 1.47 bits per heavy atom. The van der Waals surface area contributed by atoms with E-state index in [1.807, 2.05) is 0 Å². The summed E-state index contributed by atoms with van der Waals surface area (Å²) >= 11 is 0. The van der Waals surface area contributed by atoms with Crippen LogP contribution in [0.4, 0.5) is 0 Å². The monoisotopic (exact) mass is 236 g/mol.